The monoisotopic (exact) mass is 443 g/mol. The zero-order chi connectivity index (χ0) is 21.1. The number of halogens is 1. The highest BCUT2D eigenvalue weighted by atomic mass is 35.5. The number of nitrogens with zero attached hydrogens (tertiary/aromatic N) is 3. The second-order valence-electron chi connectivity index (χ2n) is 7.72. The molecule has 7 heteroatoms. The Balaban J connectivity index is 1.27. The number of benzene rings is 2. The Morgan fingerprint density at radius 3 is 2.47 bits per heavy atom. The number of para-hydroxylation sites is 1. The van der Waals surface area contributed by atoms with Crippen molar-refractivity contribution in [1.29, 1.82) is 0 Å². The standard InChI is InChI=1S/C23H26ClN3O2S/c1-17(30-21-9-5-3-7-19(21)24)23(29)26-14-12-25(13-15-26)16-22(28)27-11-10-18-6-2-4-8-20(18)27/h2-9,17H,10-16H2,1H3. The summed E-state index contributed by atoms with van der Waals surface area (Å²) < 4.78 is 0. The fourth-order valence-corrected chi connectivity index (χ4v) is 5.28. The smallest absolute Gasteiger partial charge is 0.241 e. The Morgan fingerprint density at radius 1 is 1.00 bits per heavy atom. The molecule has 2 aliphatic rings. The van der Waals surface area contributed by atoms with Gasteiger partial charge < -0.3 is 9.80 Å². The van der Waals surface area contributed by atoms with Crippen LogP contribution >= 0.6 is 23.4 Å². The Kier molecular flexibility index (Phi) is 6.66. The number of piperazine rings is 1. The molecule has 0 aliphatic carbocycles. The average Bonchev–Trinajstić information content (AvgIpc) is 3.20. The van der Waals surface area contributed by atoms with Crippen LogP contribution in [0.3, 0.4) is 0 Å². The third-order valence-corrected chi connectivity index (χ3v) is 7.33. The molecule has 2 aromatic rings. The summed E-state index contributed by atoms with van der Waals surface area (Å²) in [5, 5.41) is 0.480. The van der Waals surface area contributed by atoms with Crippen molar-refractivity contribution in [3.8, 4) is 0 Å². The maximum absolute atomic E-state index is 12.9. The summed E-state index contributed by atoms with van der Waals surface area (Å²) in [5.41, 5.74) is 2.29. The van der Waals surface area contributed by atoms with Gasteiger partial charge in [-0.25, -0.2) is 0 Å². The molecule has 2 heterocycles. The molecule has 0 saturated carbocycles. The number of thioether (sulfide) groups is 1. The van der Waals surface area contributed by atoms with Crippen LogP contribution in [0.2, 0.25) is 5.02 Å². The summed E-state index contributed by atoms with van der Waals surface area (Å²) in [6.45, 7) is 5.82. The largest absolute Gasteiger partial charge is 0.339 e. The van der Waals surface area contributed by atoms with Crippen molar-refractivity contribution in [2.24, 2.45) is 0 Å². The van der Waals surface area contributed by atoms with Crippen molar-refractivity contribution >= 4 is 40.9 Å². The summed E-state index contributed by atoms with van der Waals surface area (Å²) in [5.74, 6) is 0.265. The number of amides is 2. The number of carbonyl (C=O) groups excluding carboxylic acids is 2. The highest BCUT2D eigenvalue weighted by Crippen LogP contribution is 2.31. The van der Waals surface area contributed by atoms with Gasteiger partial charge in [0.05, 0.1) is 16.8 Å². The molecule has 0 N–H and O–H groups in total. The van der Waals surface area contributed by atoms with Gasteiger partial charge in [0.1, 0.15) is 0 Å². The van der Waals surface area contributed by atoms with Gasteiger partial charge in [0.2, 0.25) is 11.8 Å². The predicted octanol–water partition coefficient (Wildman–Crippen LogP) is 3.55. The fourth-order valence-electron chi connectivity index (χ4n) is 4.04. The van der Waals surface area contributed by atoms with Crippen molar-refractivity contribution in [2.45, 2.75) is 23.5 Å². The zero-order valence-electron chi connectivity index (χ0n) is 17.1. The van der Waals surface area contributed by atoms with Gasteiger partial charge in [-0.2, -0.15) is 0 Å². The van der Waals surface area contributed by atoms with Crippen LogP contribution in [0.1, 0.15) is 12.5 Å². The zero-order valence-corrected chi connectivity index (χ0v) is 18.7. The lowest BCUT2D eigenvalue weighted by atomic mass is 10.2. The number of hydrogen-bond donors (Lipinski definition) is 0. The summed E-state index contributed by atoms with van der Waals surface area (Å²) in [6, 6.07) is 15.7. The first kappa shape index (κ1) is 21.2. The molecule has 2 aromatic carbocycles. The summed E-state index contributed by atoms with van der Waals surface area (Å²) in [4.78, 5) is 32.6. The third-order valence-electron chi connectivity index (χ3n) is 5.72. The molecule has 2 amide bonds. The summed E-state index contributed by atoms with van der Waals surface area (Å²) in [6.07, 6.45) is 0.922. The van der Waals surface area contributed by atoms with Gasteiger partial charge in [0.15, 0.2) is 0 Å². The van der Waals surface area contributed by atoms with E-state index in [1.165, 1.54) is 17.3 Å². The van der Waals surface area contributed by atoms with E-state index in [-0.39, 0.29) is 17.1 Å². The maximum atomic E-state index is 12.9. The van der Waals surface area contributed by atoms with Gasteiger partial charge in [-0.05, 0) is 37.1 Å². The number of hydrogen-bond acceptors (Lipinski definition) is 4. The van der Waals surface area contributed by atoms with E-state index in [1.807, 2.05) is 59.2 Å². The lowest BCUT2D eigenvalue weighted by Crippen LogP contribution is -2.52. The van der Waals surface area contributed by atoms with Crippen LogP contribution in [0.15, 0.2) is 53.4 Å². The summed E-state index contributed by atoms with van der Waals surface area (Å²) >= 11 is 7.72. The maximum Gasteiger partial charge on any atom is 0.241 e. The predicted molar refractivity (Wildman–Crippen MR) is 122 cm³/mol. The molecule has 1 saturated heterocycles. The van der Waals surface area contributed by atoms with Crippen LogP contribution in [0.4, 0.5) is 5.69 Å². The van der Waals surface area contributed by atoms with E-state index < -0.39 is 0 Å². The molecule has 1 fully saturated rings. The number of fused-ring (bicyclic) bond motifs is 1. The van der Waals surface area contributed by atoms with Crippen molar-refractivity contribution in [3.05, 3.63) is 59.1 Å². The number of anilines is 1. The van der Waals surface area contributed by atoms with Crippen molar-refractivity contribution in [1.82, 2.24) is 9.80 Å². The quantitative estimate of drug-likeness (QED) is 0.663. The van der Waals surface area contributed by atoms with E-state index in [0.29, 0.717) is 24.7 Å². The Morgan fingerprint density at radius 2 is 1.70 bits per heavy atom. The topological polar surface area (TPSA) is 43.9 Å². The molecule has 0 aromatic heterocycles. The lowest BCUT2D eigenvalue weighted by Gasteiger charge is -2.36. The van der Waals surface area contributed by atoms with Gasteiger partial charge in [-0.3, -0.25) is 14.5 Å². The second kappa shape index (κ2) is 9.41. The molecule has 4 rings (SSSR count). The van der Waals surface area contributed by atoms with Crippen molar-refractivity contribution in [2.75, 3.05) is 44.2 Å². The highest BCUT2D eigenvalue weighted by molar-refractivity contribution is 8.00. The lowest BCUT2D eigenvalue weighted by molar-refractivity contribution is -0.132. The SMILES string of the molecule is CC(Sc1ccccc1Cl)C(=O)N1CCN(CC(=O)N2CCc3ccccc32)CC1. The molecule has 0 spiro atoms. The molecule has 2 aliphatic heterocycles. The molecule has 158 valence electrons. The van der Waals surface area contributed by atoms with Gasteiger partial charge in [0.25, 0.3) is 0 Å². The minimum Gasteiger partial charge on any atom is -0.339 e. The Hall–Kier alpha value is -2.02. The third kappa shape index (κ3) is 4.66. The van der Waals surface area contributed by atoms with E-state index in [4.69, 9.17) is 11.6 Å². The first-order valence-corrected chi connectivity index (χ1v) is 11.6. The van der Waals surface area contributed by atoms with Gasteiger partial charge >= 0.3 is 0 Å². The second-order valence-corrected chi connectivity index (χ2v) is 9.51. The average molecular weight is 444 g/mol. The van der Waals surface area contributed by atoms with Gasteiger partial charge in [0, 0.05) is 43.3 Å². The van der Waals surface area contributed by atoms with E-state index in [9.17, 15) is 9.59 Å². The van der Waals surface area contributed by atoms with E-state index in [0.717, 1.165) is 36.6 Å². The van der Waals surface area contributed by atoms with Crippen LogP contribution in [0.25, 0.3) is 0 Å². The molecule has 5 nitrogen and oxygen atoms in total. The minimum atomic E-state index is -0.195. The van der Waals surface area contributed by atoms with Crippen LogP contribution < -0.4 is 4.90 Å². The first-order chi connectivity index (χ1) is 14.5. The Bertz CT molecular complexity index is 930. The first-order valence-electron chi connectivity index (χ1n) is 10.3. The van der Waals surface area contributed by atoms with Crippen LogP contribution in [0, 0.1) is 0 Å². The van der Waals surface area contributed by atoms with Crippen LogP contribution in [-0.4, -0.2) is 66.1 Å². The van der Waals surface area contributed by atoms with Gasteiger partial charge in [-0.1, -0.05) is 41.9 Å². The fraction of sp³-hybridized carbons (Fsp3) is 0.391. The van der Waals surface area contributed by atoms with Crippen molar-refractivity contribution < 1.29 is 9.59 Å². The van der Waals surface area contributed by atoms with Crippen LogP contribution in [-0.2, 0) is 16.0 Å². The van der Waals surface area contributed by atoms with E-state index in [1.54, 1.807) is 0 Å². The molecule has 1 unspecified atom stereocenters. The van der Waals surface area contributed by atoms with Crippen LogP contribution in [0.5, 0.6) is 0 Å². The molecule has 0 bridgehead atoms. The molecule has 0 radical (unpaired) electrons. The van der Waals surface area contributed by atoms with E-state index in [2.05, 4.69) is 11.0 Å². The normalized spacial score (nSPS) is 17.7. The molecular weight excluding hydrogens is 418 g/mol. The number of carbonyl (C=O) groups is 2. The minimum absolute atomic E-state index is 0.124. The molecule has 1 atom stereocenters. The summed E-state index contributed by atoms with van der Waals surface area (Å²) in [7, 11) is 0. The Labute approximate surface area is 187 Å². The van der Waals surface area contributed by atoms with E-state index >= 15 is 0 Å². The van der Waals surface area contributed by atoms with Crippen molar-refractivity contribution in [3.63, 3.8) is 0 Å². The number of rotatable bonds is 5. The van der Waals surface area contributed by atoms with Gasteiger partial charge in [-0.15, -0.1) is 11.8 Å². The highest BCUT2D eigenvalue weighted by Gasteiger charge is 2.29. The molecule has 30 heavy (non-hydrogen) atoms. The molecular formula is C23H26ClN3O2S.